The number of amides is 2. The SMILES string of the molecule is CC1CCCCN1CCCNC(=O)c1ccc(CN2C(=O)CCn3nc(-c4ccccc4)cc32)cc1. The molecule has 1 N–H and O–H groups in total. The molecule has 2 amide bonds. The Balaban J connectivity index is 1.17. The Bertz CT molecular complexity index is 1190. The van der Waals surface area contributed by atoms with Crippen LogP contribution in [0.2, 0.25) is 0 Å². The van der Waals surface area contributed by atoms with E-state index in [-0.39, 0.29) is 11.8 Å². The summed E-state index contributed by atoms with van der Waals surface area (Å²) in [5, 5.41) is 7.77. The average Bonchev–Trinajstić information content (AvgIpc) is 3.35. The molecule has 1 fully saturated rings. The van der Waals surface area contributed by atoms with Gasteiger partial charge in [0, 0.05) is 42.7 Å². The average molecular weight is 486 g/mol. The molecular formula is C29H35N5O2. The van der Waals surface area contributed by atoms with Crippen molar-refractivity contribution in [3.8, 4) is 11.3 Å². The maximum absolute atomic E-state index is 12.8. The predicted molar refractivity (Wildman–Crippen MR) is 142 cm³/mol. The zero-order chi connectivity index (χ0) is 24.9. The van der Waals surface area contributed by atoms with Crippen molar-refractivity contribution in [1.29, 1.82) is 0 Å². The van der Waals surface area contributed by atoms with Crippen LogP contribution in [0.25, 0.3) is 11.3 Å². The van der Waals surface area contributed by atoms with Crippen molar-refractivity contribution in [1.82, 2.24) is 20.0 Å². The van der Waals surface area contributed by atoms with E-state index < -0.39 is 0 Å². The van der Waals surface area contributed by atoms with Gasteiger partial charge in [0.1, 0.15) is 5.82 Å². The molecule has 2 aliphatic heterocycles. The number of aromatic nitrogens is 2. The molecule has 2 aliphatic rings. The van der Waals surface area contributed by atoms with Crippen molar-refractivity contribution < 1.29 is 9.59 Å². The molecule has 7 nitrogen and oxygen atoms in total. The van der Waals surface area contributed by atoms with Crippen LogP contribution in [0.4, 0.5) is 5.82 Å². The van der Waals surface area contributed by atoms with Crippen LogP contribution < -0.4 is 10.2 Å². The van der Waals surface area contributed by atoms with E-state index in [0.29, 0.717) is 37.7 Å². The van der Waals surface area contributed by atoms with Crippen molar-refractivity contribution in [2.45, 2.75) is 58.2 Å². The van der Waals surface area contributed by atoms with Gasteiger partial charge in [-0.3, -0.25) is 14.5 Å². The minimum atomic E-state index is -0.0483. The van der Waals surface area contributed by atoms with Crippen LogP contribution in [-0.2, 0) is 17.9 Å². The maximum atomic E-state index is 12.8. The molecule has 1 unspecified atom stereocenters. The van der Waals surface area contributed by atoms with Gasteiger partial charge in [0.05, 0.1) is 18.8 Å². The van der Waals surface area contributed by atoms with E-state index in [9.17, 15) is 9.59 Å². The second-order valence-electron chi connectivity index (χ2n) is 9.89. The van der Waals surface area contributed by atoms with Crippen molar-refractivity contribution in [3.05, 3.63) is 71.8 Å². The van der Waals surface area contributed by atoms with Crippen LogP contribution in [-0.4, -0.2) is 52.2 Å². The lowest BCUT2D eigenvalue weighted by Crippen LogP contribution is -2.39. The fourth-order valence-electron chi connectivity index (χ4n) is 5.19. The highest BCUT2D eigenvalue weighted by atomic mass is 16.2. The molecule has 3 aromatic rings. The third-order valence-corrected chi connectivity index (χ3v) is 7.35. The minimum absolute atomic E-state index is 0.0483. The number of nitrogens with zero attached hydrogens (tertiary/aromatic N) is 4. The molecule has 1 atom stereocenters. The van der Waals surface area contributed by atoms with Crippen molar-refractivity contribution in [2.75, 3.05) is 24.5 Å². The molecule has 36 heavy (non-hydrogen) atoms. The number of anilines is 1. The summed E-state index contributed by atoms with van der Waals surface area (Å²) in [6, 6.07) is 20.2. The monoisotopic (exact) mass is 485 g/mol. The molecule has 1 aromatic heterocycles. The summed E-state index contributed by atoms with van der Waals surface area (Å²) in [6.07, 6.45) is 5.28. The van der Waals surface area contributed by atoms with E-state index in [1.165, 1.54) is 25.8 Å². The number of fused-ring (bicyclic) bond motifs is 1. The van der Waals surface area contributed by atoms with Gasteiger partial charge in [-0.2, -0.15) is 5.10 Å². The molecule has 0 spiro atoms. The van der Waals surface area contributed by atoms with E-state index >= 15 is 0 Å². The zero-order valence-corrected chi connectivity index (χ0v) is 21.0. The smallest absolute Gasteiger partial charge is 0.251 e. The predicted octanol–water partition coefficient (Wildman–Crippen LogP) is 4.48. The fourth-order valence-corrected chi connectivity index (χ4v) is 5.19. The number of hydrogen-bond acceptors (Lipinski definition) is 4. The highest BCUT2D eigenvalue weighted by molar-refractivity contribution is 5.95. The van der Waals surface area contributed by atoms with Crippen molar-refractivity contribution in [2.24, 2.45) is 0 Å². The zero-order valence-electron chi connectivity index (χ0n) is 21.0. The van der Waals surface area contributed by atoms with Crippen LogP contribution in [0.15, 0.2) is 60.7 Å². The third-order valence-electron chi connectivity index (χ3n) is 7.35. The highest BCUT2D eigenvalue weighted by Crippen LogP contribution is 2.29. The number of hydrogen-bond donors (Lipinski definition) is 1. The number of carbonyl (C=O) groups excluding carboxylic acids is 2. The van der Waals surface area contributed by atoms with E-state index in [2.05, 4.69) is 17.1 Å². The van der Waals surface area contributed by atoms with E-state index in [4.69, 9.17) is 5.10 Å². The number of nitrogens with one attached hydrogen (secondary N) is 1. The van der Waals surface area contributed by atoms with Crippen LogP contribution in [0.3, 0.4) is 0 Å². The fraction of sp³-hybridized carbons (Fsp3) is 0.414. The van der Waals surface area contributed by atoms with E-state index in [1.807, 2.05) is 65.3 Å². The van der Waals surface area contributed by atoms with Gasteiger partial charge in [-0.05, 0) is 50.4 Å². The van der Waals surface area contributed by atoms with E-state index in [0.717, 1.165) is 35.6 Å². The summed E-state index contributed by atoms with van der Waals surface area (Å²) in [4.78, 5) is 29.7. The maximum Gasteiger partial charge on any atom is 0.251 e. The van der Waals surface area contributed by atoms with Crippen LogP contribution in [0.5, 0.6) is 0 Å². The molecule has 3 heterocycles. The summed E-state index contributed by atoms with van der Waals surface area (Å²) < 4.78 is 1.91. The first-order chi connectivity index (χ1) is 17.6. The lowest BCUT2D eigenvalue weighted by molar-refractivity contribution is -0.119. The van der Waals surface area contributed by atoms with E-state index in [1.54, 1.807) is 4.90 Å². The molecule has 188 valence electrons. The summed E-state index contributed by atoms with van der Waals surface area (Å²) in [6.45, 7) is 6.23. The van der Waals surface area contributed by atoms with Gasteiger partial charge in [0.15, 0.2) is 0 Å². The first-order valence-electron chi connectivity index (χ1n) is 13.1. The van der Waals surface area contributed by atoms with Gasteiger partial charge in [0.2, 0.25) is 5.91 Å². The second kappa shape index (κ2) is 11.1. The number of benzene rings is 2. The van der Waals surface area contributed by atoms with Crippen LogP contribution in [0, 0.1) is 0 Å². The Hall–Kier alpha value is -3.45. The molecule has 0 saturated carbocycles. The molecule has 0 radical (unpaired) electrons. The number of piperidine rings is 1. The Morgan fingerprint density at radius 2 is 1.86 bits per heavy atom. The van der Waals surface area contributed by atoms with Gasteiger partial charge in [-0.1, -0.05) is 48.9 Å². The highest BCUT2D eigenvalue weighted by Gasteiger charge is 2.26. The number of rotatable bonds is 8. The number of aryl methyl sites for hydroxylation is 1. The lowest BCUT2D eigenvalue weighted by Gasteiger charge is -2.33. The third kappa shape index (κ3) is 5.51. The molecule has 7 heteroatoms. The Kier molecular flexibility index (Phi) is 7.47. The quantitative estimate of drug-likeness (QED) is 0.478. The summed E-state index contributed by atoms with van der Waals surface area (Å²) in [5.74, 6) is 0.856. The molecular weight excluding hydrogens is 450 g/mol. The van der Waals surface area contributed by atoms with Crippen molar-refractivity contribution in [3.63, 3.8) is 0 Å². The Morgan fingerprint density at radius 3 is 2.64 bits per heavy atom. The molecule has 0 bridgehead atoms. The second-order valence-corrected chi connectivity index (χ2v) is 9.89. The number of likely N-dealkylation sites (tertiary alicyclic amines) is 1. The number of carbonyl (C=O) groups is 2. The standard InChI is InChI=1S/C29H35N5O2/c1-22-8-5-6-17-32(22)18-7-16-30-29(36)25-13-11-23(12-14-25)21-33-27-20-26(24-9-3-2-4-10-24)31-34(27)19-15-28(33)35/h2-4,9-14,20,22H,5-8,15-19,21H2,1H3,(H,30,36). The van der Waals surface area contributed by atoms with Crippen molar-refractivity contribution >= 4 is 17.6 Å². The molecule has 2 aromatic carbocycles. The summed E-state index contributed by atoms with van der Waals surface area (Å²) in [5.41, 5.74) is 3.53. The van der Waals surface area contributed by atoms with Crippen LogP contribution >= 0.6 is 0 Å². The van der Waals surface area contributed by atoms with Gasteiger partial charge in [-0.25, -0.2) is 4.68 Å². The molecule has 5 rings (SSSR count). The van der Waals surface area contributed by atoms with Crippen LogP contribution in [0.1, 0.15) is 54.9 Å². The Morgan fingerprint density at radius 1 is 1.06 bits per heavy atom. The van der Waals surface area contributed by atoms with Gasteiger partial charge in [-0.15, -0.1) is 0 Å². The largest absolute Gasteiger partial charge is 0.352 e. The molecule has 0 aliphatic carbocycles. The minimum Gasteiger partial charge on any atom is -0.352 e. The Labute approximate surface area is 213 Å². The summed E-state index contributed by atoms with van der Waals surface area (Å²) in [7, 11) is 0. The lowest BCUT2D eigenvalue weighted by atomic mass is 10.0. The molecule has 1 saturated heterocycles. The topological polar surface area (TPSA) is 70.5 Å². The van der Waals surface area contributed by atoms with Gasteiger partial charge in [0.25, 0.3) is 5.91 Å². The first-order valence-corrected chi connectivity index (χ1v) is 13.1. The first kappa shape index (κ1) is 24.3. The summed E-state index contributed by atoms with van der Waals surface area (Å²) >= 11 is 0. The normalized spacial score (nSPS) is 18.2. The van der Waals surface area contributed by atoms with Gasteiger partial charge < -0.3 is 10.2 Å². The van der Waals surface area contributed by atoms with Gasteiger partial charge >= 0.3 is 0 Å².